The number of nitrogens with one attached hydrogen (secondary N) is 2. The molecule has 0 radical (unpaired) electrons. The Balaban J connectivity index is 1.58. The van der Waals surface area contributed by atoms with E-state index in [0.29, 0.717) is 29.4 Å². The van der Waals surface area contributed by atoms with Gasteiger partial charge in [0.05, 0.1) is 17.7 Å². The first kappa shape index (κ1) is 19.6. The fourth-order valence-electron chi connectivity index (χ4n) is 3.22. The highest BCUT2D eigenvalue weighted by atomic mass is 16.5. The van der Waals surface area contributed by atoms with Crippen molar-refractivity contribution in [1.82, 2.24) is 9.97 Å². The predicted molar refractivity (Wildman–Crippen MR) is 114 cm³/mol. The van der Waals surface area contributed by atoms with E-state index in [-0.39, 0.29) is 17.7 Å². The third kappa shape index (κ3) is 4.80. The Bertz CT molecular complexity index is 1060. The molecule has 1 fully saturated rings. The number of aromatic nitrogens is 2. The molecule has 7 nitrogen and oxygen atoms in total. The van der Waals surface area contributed by atoms with E-state index in [1.807, 2.05) is 30.3 Å². The largest absolute Gasteiger partial charge is 0.376 e. The highest BCUT2D eigenvalue weighted by Crippen LogP contribution is 2.20. The summed E-state index contributed by atoms with van der Waals surface area (Å²) in [4.78, 5) is 21.9. The van der Waals surface area contributed by atoms with Crippen molar-refractivity contribution in [1.29, 1.82) is 5.26 Å². The van der Waals surface area contributed by atoms with Gasteiger partial charge in [-0.05, 0) is 37.1 Å². The van der Waals surface area contributed by atoms with Crippen molar-refractivity contribution < 1.29 is 9.53 Å². The number of anilines is 2. The Kier molecular flexibility index (Phi) is 5.97. The van der Waals surface area contributed by atoms with Crippen LogP contribution < -0.4 is 10.6 Å². The van der Waals surface area contributed by atoms with Gasteiger partial charge in [0.1, 0.15) is 11.5 Å². The molecule has 7 heteroatoms. The minimum absolute atomic E-state index is 0.149. The van der Waals surface area contributed by atoms with E-state index < -0.39 is 0 Å². The van der Waals surface area contributed by atoms with Crippen LogP contribution in [-0.4, -0.2) is 35.1 Å². The van der Waals surface area contributed by atoms with Crippen molar-refractivity contribution in [2.45, 2.75) is 18.9 Å². The van der Waals surface area contributed by atoms with Crippen molar-refractivity contribution >= 4 is 17.4 Å². The first-order chi connectivity index (χ1) is 14.7. The summed E-state index contributed by atoms with van der Waals surface area (Å²) in [6, 6.07) is 19.9. The summed E-state index contributed by atoms with van der Waals surface area (Å²) >= 11 is 0. The second kappa shape index (κ2) is 9.16. The van der Waals surface area contributed by atoms with Crippen LogP contribution in [0.25, 0.3) is 11.4 Å². The molecule has 0 bridgehead atoms. The maximum Gasteiger partial charge on any atom is 0.274 e. The quantitative estimate of drug-likeness (QED) is 0.653. The monoisotopic (exact) mass is 399 g/mol. The lowest BCUT2D eigenvalue weighted by molar-refractivity contribution is 0.102. The SMILES string of the molecule is N#Cc1ccc(NC(=O)c2cc(NCC3CCCO3)nc(-c3ccccc3)n2)cc1. The predicted octanol–water partition coefficient (Wildman–Crippen LogP) is 3.86. The van der Waals surface area contributed by atoms with Crippen LogP contribution in [0.4, 0.5) is 11.5 Å². The van der Waals surface area contributed by atoms with Crippen LogP contribution in [0.15, 0.2) is 60.7 Å². The number of nitrogens with zero attached hydrogens (tertiary/aromatic N) is 3. The van der Waals surface area contributed by atoms with Gasteiger partial charge in [0, 0.05) is 30.5 Å². The van der Waals surface area contributed by atoms with Crippen molar-refractivity contribution in [3.63, 3.8) is 0 Å². The Hall–Kier alpha value is -3.76. The molecule has 4 rings (SSSR count). The minimum atomic E-state index is -0.348. The fraction of sp³-hybridized carbons (Fsp3) is 0.217. The van der Waals surface area contributed by atoms with Gasteiger partial charge >= 0.3 is 0 Å². The zero-order chi connectivity index (χ0) is 20.8. The lowest BCUT2D eigenvalue weighted by Gasteiger charge is -2.13. The molecule has 0 spiro atoms. The van der Waals surface area contributed by atoms with Crippen LogP contribution in [0, 0.1) is 11.3 Å². The molecule has 30 heavy (non-hydrogen) atoms. The Morgan fingerprint density at radius 3 is 2.63 bits per heavy atom. The van der Waals surface area contributed by atoms with E-state index in [2.05, 4.69) is 26.7 Å². The van der Waals surface area contributed by atoms with Gasteiger partial charge in [0.25, 0.3) is 5.91 Å². The van der Waals surface area contributed by atoms with Gasteiger partial charge in [0.15, 0.2) is 5.82 Å². The van der Waals surface area contributed by atoms with Gasteiger partial charge in [-0.3, -0.25) is 4.79 Å². The third-order valence-electron chi connectivity index (χ3n) is 4.80. The average Bonchev–Trinajstić information content (AvgIpc) is 3.32. The van der Waals surface area contributed by atoms with Crippen molar-refractivity contribution in [2.75, 3.05) is 23.8 Å². The Morgan fingerprint density at radius 1 is 1.13 bits per heavy atom. The first-order valence-electron chi connectivity index (χ1n) is 9.83. The summed E-state index contributed by atoms with van der Waals surface area (Å²) in [7, 11) is 0. The Labute approximate surface area is 174 Å². The molecule has 1 aliphatic heterocycles. The lowest BCUT2D eigenvalue weighted by Crippen LogP contribution is -2.20. The Morgan fingerprint density at radius 2 is 1.93 bits per heavy atom. The molecule has 3 aromatic rings. The molecular weight excluding hydrogens is 378 g/mol. The van der Waals surface area contributed by atoms with Crippen LogP contribution >= 0.6 is 0 Å². The standard InChI is InChI=1S/C23H21N5O2/c24-14-16-8-10-18(11-9-16)26-23(29)20-13-21(25-15-19-7-4-12-30-19)28-22(27-20)17-5-2-1-3-6-17/h1-3,5-6,8-11,13,19H,4,7,12,15H2,(H,26,29)(H,25,27,28). The molecule has 0 aliphatic carbocycles. The van der Waals surface area contributed by atoms with E-state index in [4.69, 9.17) is 10.00 Å². The van der Waals surface area contributed by atoms with E-state index >= 15 is 0 Å². The van der Waals surface area contributed by atoms with Crippen molar-refractivity contribution in [2.24, 2.45) is 0 Å². The summed E-state index contributed by atoms with van der Waals surface area (Å²) in [5, 5.41) is 15.0. The molecule has 150 valence electrons. The lowest BCUT2D eigenvalue weighted by atomic mass is 10.2. The summed E-state index contributed by atoms with van der Waals surface area (Å²) in [5.41, 5.74) is 2.20. The van der Waals surface area contributed by atoms with Crippen LogP contribution in [0.3, 0.4) is 0 Å². The molecule has 1 unspecified atom stereocenters. The summed E-state index contributed by atoms with van der Waals surface area (Å²) in [6.07, 6.45) is 2.22. The molecule has 2 aromatic carbocycles. The van der Waals surface area contributed by atoms with E-state index in [1.165, 1.54) is 0 Å². The molecule has 1 aliphatic rings. The van der Waals surface area contributed by atoms with E-state index in [1.54, 1.807) is 30.3 Å². The van der Waals surface area contributed by atoms with E-state index in [9.17, 15) is 4.79 Å². The number of amides is 1. The van der Waals surface area contributed by atoms with Crippen molar-refractivity contribution in [3.05, 3.63) is 71.9 Å². The second-order valence-corrected chi connectivity index (χ2v) is 6.99. The fourth-order valence-corrected chi connectivity index (χ4v) is 3.22. The van der Waals surface area contributed by atoms with Gasteiger partial charge in [-0.1, -0.05) is 30.3 Å². The van der Waals surface area contributed by atoms with Crippen LogP contribution in [0.2, 0.25) is 0 Å². The van der Waals surface area contributed by atoms with Crippen LogP contribution in [0.5, 0.6) is 0 Å². The third-order valence-corrected chi connectivity index (χ3v) is 4.80. The van der Waals surface area contributed by atoms with Gasteiger partial charge in [-0.25, -0.2) is 9.97 Å². The number of rotatable bonds is 6. The first-order valence-corrected chi connectivity index (χ1v) is 9.83. The normalized spacial score (nSPS) is 15.4. The maximum absolute atomic E-state index is 12.8. The summed E-state index contributed by atoms with van der Waals surface area (Å²) in [5.74, 6) is 0.696. The van der Waals surface area contributed by atoms with Gasteiger partial charge < -0.3 is 15.4 Å². The number of hydrogen-bond donors (Lipinski definition) is 2. The number of ether oxygens (including phenoxy) is 1. The molecule has 0 saturated carbocycles. The average molecular weight is 399 g/mol. The smallest absolute Gasteiger partial charge is 0.274 e. The van der Waals surface area contributed by atoms with Crippen LogP contribution in [-0.2, 0) is 4.74 Å². The molecule has 1 amide bonds. The zero-order valence-electron chi connectivity index (χ0n) is 16.3. The summed E-state index contributed by atoms with van der Waals surface area (Å²) < 4.78 is 5.66. The van der Waals surface area contributed by atoms with Gasteiger partial charge in [-0.2, -0.15) is 5.26 Å². The number of hydrogen-bond acceptors (Lipinski definition) is 6. The minimum Gasteiger partial charge on any atom is -0.376 e. The number of nitriles is 1. The molecule has 2 heterocycles. The number of benzene rings is 2. The van der Waals surface area contributed by atoms with Gasteiger partial charge in [-0.15, -0.1) is 0 Å². The van der Waals surface area contributed by atoms with Gasteiger partial charge in [0.2, 0.25) is 0 Å². The van der Waals surface area contributed by atoms with E-state index in [0.717, 1.165) is 25.0 Å². The number of carbonyl (C=O) groups is 1. The zero-order valence-corrected chi connectivity index (χ0v) is 16.3. The highest BCUT2D eigenvalue weighted by Gasteiger charge is 2.17. The topological polar surface area (TPSA) is 99.9 Å². The summed E-state index contributed by atoms with van der Waals surface area (Å²) in [6.45, 7) is 1.41. The molecule has 1 aromatic heterocycles. The molecule has 1 saturated heterocycles. The molecular formula is C23H21N5O2. The second-order valence-electron chi connectivity index (χ2n) is 6.99. The number of carbonyl (C=O) groups excluding carboxylic acids is 1. The van der Waals surface area contributed by atoms with Crippen molar-refractivity contribution in [3.8, 4) is 17.5 Å². The maximum atomic E-state index is 12.8. The highest BCUT2D eigenvalue weighted by molar-refractivity contribution is 6.03. The molecule has 1 atom stereocenters. The van der Waals surface area contributed by atoms with Crippen LogP contribution in [0.1, 0.15) is 28.9 Å². The molecule has 2 N–H and O–H groups in total.